The molecule has 38 heavy (non-hydrogen) atoms. The highest BCUT2D eigenvalue weighted by Gasteiger charge is 2.47. The zero-order valence-corrected chi connectivity index (χ0v) is 22.8. The van der Waals surface area contributed by atoms with E-state index in [-0.39, 0.29) is 26.9 Å². The van der Waals surface area contributed by atoms with Crippen LogP contribution < -0.4 is 23.8 Å². The van der Waals surface area contributed by atoms with Gasteiger partial charge in [0.15, 0.2) is 17.2 Å². The fraction of sp³-hybridized carbons (Fsp3) is 0.214. The standard InChI is InChI=1S/C28H25Cl2NO7/c1-14-6-8-17(9-7-14)31-23(15-12-20(35-2)27(38-5)21(13-15)36-3)22(25(33)28(31)34)24(32)16-10-18(29)26(37-4)19(30)11-16/h6-13,23,32H,1-5H3/b24-22+. The Labute approximate surface area is 229 Å². The topological polar surface area (TPSA) is 94.5 Å². The molecule has 0 spiro atoms. The average Bonchev–Trinajstić information content (AvgIpc) is 3.17. The second-order valence-corrected chi connectivity index (χ2v) is 9.25. The quantitative estimate of drug-likeness (QED) is 0.217. The van der Waals surface area contributed by atoms with Crippen LogP contribution >= 0.6 is 23.2 Å². The second kappa shape index (κ2) is 10.8. The van der Waals surface area contributed by atoms with Crippen LogP contribution in [0.5, 0.6) is 23.0 Å². The second-order valence-electron chi connectivity index (χ2n) is 8.44. The minimum absolute atomic E-state index is 0.124. The molecule has 3 aromatic carbocycles. The molecule has 1 saturated heterocycles. The Morgan fingerprint density at radius 2 is 1.34 bits per heavy atom. The molecule has 0 saturated carbocycles. The fourth-order valence-corrected chi connectivity index (χ4v) is 5.07. The number of benzene rings is 3. The van der Waals surface area contributed by atoms with Crippen molar-refractivity contribution in [1.82, 2.24) is 0 Å². The third-order valence-electron chi connectivity index (χ3n) is 6.24. The number of hydrogen-bond acceptors (Lipinski definition) is 7. The molecular weight excluding hydrogens is 533 g/mol. The molecule has 0 bridgehead atoms. The molecule has 1 unspecified atom stereocenters. The molecule has 0 aliphatic carbocycles. The summed E-state index contributed by atoms with van der Waals surface area (Å²) in [7, 11) is 5.79. The van der Waals surface area contributed by atoms with Crippen molar-refractivity contribution in [2.45, 2.75) is 13.0 Å². The average molecular weight is 558 g/mol. The van der Waals surface area contributed by atoms with E-state index in [9.17, 15) is 14.7 Å². The highest BCUT2D eigenvalue weighted by Crippen LogP contribution is 2.47. The molecule has 198 valence electrons. The molecule has 1 N–H and O–H groups in total. The summed E-state index contributed by atoms with van der Waals surface area (Å²) in [5.74, 6) is -0.988. The molecule has 0 aromatic heterocycles. The Bertz CT molecular complexity index is 1400. The van der Waals surface area contributed by atoms with Crippen molar-refractivity contribution in [3.63, 3.8) is 0 Å². The first kappa shape index (κ1) is 27.2. The van der Waals surface area contributed by atoms with Gasteiger partial charge in [0.05, 0.1) is 50.1 Å². The zero-order chi connectivity index (χ0) is 27.7. The lowest BCUT2D eigenvalue weighted by Gasteiger charge is -2.26. The summed E-state index contributed by atoms with van der Waals surface area (Å²) in [6.07, 6.45) is 0. The van der Waals surface area contributed by atoms with Crippen molar-refractivity contribution in [3.05, 3.63) is 80.8 Å². The summed E-state index contributed by atoms with van der Waals surface area (Å²) < 4.78 is 21.6. The number of nitrogens with zero attached hydrogens (tertiary/aromatic N) is 1. The van der Waals surface area contributed by atoms with Crippen LogP contribution in [0.15, 0.2) is 54.1 Å². The number of methoxy groups -OCH3 is 4. The number of hydrogen-bond donors (Lipinski definition) is 1. The van der Waals surface area contributed by atoms with Gasteiger partial charge in [0.2, 0.25) is 5.75 Å². The Balaban J connectivity index is 2.03. The lowest BCUT2D eigenvalue weighted by atomic mass is 9.94. The maximum Gasteiger partial charge on any atom is 0.300 e. The number of ether oxygens (including phenoxy) is 4. The number of halogens is 2. The number of amides is 1. The van der Waals surface area contributed by atoms with Gasteiger partial charge in [-0.1, -0.05) is 40.9 Å². The van der Waals surface area contributed by atoms with Crippen LogP contribution in [0.2, 0.25) is 10.0 Å². The maximum atomic E-state index is 13.5. The number of anilines is 1. The summed E-state index contributed by atoms with van der Waals surface area (Å²) in [5.41, 5.74) is 1.84. The lowest BCUT2D eigenvalue weighted by Crippen LogP contribution is -2.29. The first-order chi connectivity index (χ1) is 18.2. The van der Waals surface area contributed by atoms with Gasteiger partial charge in [-0.15, -0.1) is 0 Å². The third kappa shape index (κ3) is 4.61. The largest absolute Gasteiger partial charge is 0.507 e. The van der Waals surface area contributed by atoms with Crippen molar-refractivity contribution in [3.8, 4) is 23.0 Å². The number of carbonyl (C=O) groups is 2. The van der Waals surface area contributed by atoms with Crippen LogP contribution in [0, 0.1) is 6.92 Å². The predicted octanol–water partition coefficient (Wildman–Crippen LogP) is 5.96. The molecule has 1 fully saturated rings. The van der Waals surface area contributed by atoms with Crippen molar-refractivity contribution < 1.29 is 33.6 Å². The Morgan fingerprint density at radius 3 is 1.82 bits per heavy atom. The van der Waals surface area contributed by atoms with Gasteiger partial charge in [-0.3, -0.25) is 14.5 Å². The lowest BCUT2D eigenvalue weighted by molar-refractivity contribution is -0.132. The molecule has 1 aliphatic rings. The number of Topliss-reactive ketones (excluding diaryl/α,β-unsaturated/α-hetero) is 1. The fourth-order valence-electron chi connectivity index (χ4n) is 4.43. The van der Waals surface area contributed by atoms with Crippen LogP contribution in [-0.4, -0.2) is 45.2 Å². The van der Waals surface area contributed by atoms with Crippen LogP contribution in [0.4, 0.5) is 5.69 Å². The van der Waals surface area contributed by atoms with E-state index in [0.29, 0.717) is 28.5 Å². The van der Waals surface area contributed by atoms with Crippen molar-refractivity contribution in [2.24, 2.45) is 0 Å². The molecule has 1 atom stereocenters. The van der Waals surface area contributed by atoms with E-state index in [1.54, 1.807) is 24.3 Å². The number of rotatable bonds is 7. The molecule has 0 radical (unpaired) electrons. The van der Waals surface area contributed by atoms with Gasteiger partial charge < -0.3 is 24.1 Å². The van der Waals surface area contributed by atoms with Crippen LogP contribution in [0.3, 0.4) is 0 Å². The third-order valence-corrected chi connectivity index (χ3v) is 6.80. The molecule has 10 heteroatoms. The smallest absolute Gasteiger partial charge is 0.300 e. The van der Waals surface area contributed by atoms with Crippen molar-refractivity contribution in [2.75, 3.05) is 33.3 Å². The molecule has 8 nitrogen and oxygen atoms in total. The zero-order valence-electron chi connectivity index (χ0n) is 21.3. The van der Waals surface area contributed by atoms with Gasteiger partial charge in [-0.05, 0) is 48.9 Å². The molecule has 1 heterocycles. The number of aliphatic hydroxyl groups excluding tert-OH is 1. The van der Waals surface area contributed by atoms with E-state index in [0.717, 1.165) is 5.56 Å². The van der Waals surface area contributed by atoms with E-state index in [1.165, 1.54) is 45.5 Å². The summed E-state index contributed by atoms with van der Waals surface area (Å²) >= 11 is 12.6. The first-order valence-corrected chi connectivity index (χ1v) is 12.1. The Morgan fingerprint density at radius 1 is 0.816 bits per heavy atom. The Hall–Kier alpha value is -3.88. The number of ketones is 1. The van der Waals surface area contributed by atoms with Crippen LogP contribution in [-0.2, 0) is 9.59 Å². The molecule has 3 aromatic rings. The molecule has 4 rings (SSSR count). The summed E-state index contributed by atoms with van der Waals surface area (Å²) in [4.78, 5) is 28.3. The summed E-state index contributed by atoms with van der Waals surface area (Å²) in [6.45, 7) is 1.91. The molecule has 1 aliphatic heterocycles. The van der Waals surface area contributed by atoms with Gasteiger partial charge in [-0.25, -0.2) is 0 Å². The number of carbonyl (C=O) groups excluding carboxylic acids is 2. The number of aliphatic hydroxyl groups is 1. The summed E-state index contributed by atoms with van der Waals surface area (Å²) in [5, 5.41) is 11.7. The van der Waals surface area contributed by atoms with E-state index in [2.05, 4.69) is 0 Å². The number of aryl methyl sites for hydroxylation is 1. The minimum Gasteiger partial charge on any atom is -0.507 e. The normalized spacial score (nSPS) is 16.5. The highest BCUT2D eigenvalue weighted by molar-refractivity contribution is 6.51. The summed E-state index contributed by atoms with van der Waals surface area (Å²) in [6, 6.07) is 12.1. The van der Waals surface area contributed by atoms with Gasteiger partial charge in [0, 0.05) is 11.3 Å². The first-order valence-electron chi connectivity index (χ1n) is 11.4. The van der Waals surface area contributed by atoms with Gasteiger partial charge >= 0.3 is 0 Å². The monoisotopic (exact) mass is 557 g/mol. The van der Waals surface area contributed by atoms with Crippen LogP contribution in [0.1, 0.15) is 22.7 Å². The van der Waals surface area contributed by atoms with Crippen molar-refractivity contribution >= 4 is 46.3 Å². The van der Waals surface area contributed by atoms with Gasteiger partial charge in [0.1, 0.15) is 5.76 Å². The van der Waals surface area contributed by atoms with Gasteiger partial charge in [-0.2, -0.15) is 0 Å². The Kier molecular flexibility index (Phi) is 7.76. The predicted molar refractivity (Wildman–Crippen MR) is 145 cm³/mol. The highest BCUT2D eigenvalue weighted by atomic mass is 35.5. The van der Waals surface area contributed by atoms with Gasteiger partial charge in [0.25, 0.3) is 11.7 Å². The van der Waals surface area contributed by atoms with E-state index >= 15 is 0 Å². The minimum atomic E-state index is -1.05. The van der Waals surface area contributed by atoms with E-state index < -0.39 is 23.5 Å². The molecular formula is C28H25Cl2NO7. The SMILES string of the molecule is COc1cc(C2/C(=C(\O)c3cc(Cl)c(OC)c(Cl)c3)C(=O)C(=O)N2c2ccc(C)cc2)cc(OC)c1OC. The van der Waals surface area contributed by atoms with E-state index in [4.69, 9.17) is 42.1 Å². The van der Waals surface area contributed by atoms with Crippen LogP contribution in [0.25, 0.3) is 5.76 Å². The van der Waals surface area contributed by atoms with Crippen molar-refractivity contribution in [1.29, 1.82) is 0 Å². The molecule has 1 amide bonds. The van der Waals surface area contributed by atoms with E-state index in [1.807, 2.05) is 19.1 Å². The maximum absolute atomic E-state index is 13.5.